The lowest BCUT2D eigenvalue weighted by atomic mass is 10.3. The Labute approximate surface area is 91.2 Å². The van der Waals surface area contributed by atoms with Crippen LogP contribution in [0.15, 0.2) is 24.3 Å². The Bertz CT molecular complexity index is 358. The predicted molar refractivity (Wildman–Crippen MR) is 53.7 cm³/mol. The first-order valence-corrected chi connectivity index (χ1v) is 4.60. The minimum Gasteiger partial charge on any atom is -0.450 e. The van der Waals surface area contributed by atoms with Crippen LogP contribution in [0.1, 0.15) is 6.92 Å². The van der Waals surface area contributed by atoms with Gasteiger partial charge in [0.05, 0.1) is 6.61 Å². The molecule has 0 spiro atoms. The molecule has 0 saturated heterocycles. The lowest BCUT2D eigenvalue weighted by Gasteiger charge is -2.07. The topological polar surface area (TPSA) is 47.6 Å². The fourth-order valence-electron chi connectivity index (χ4n) is 1.04. The SMILES string of the molecule is CCOC(=O)Nc1cccc(OC(F)F)c1. The van der Waals surface area contributed by atoms with Crippen LogP contribution in [0.4, 0.5) is 19.3 Å². The molecule has 0 radical (unpaired) electrons. The van der Waals surface area contributed by atoms with E-state index in [9.17, 15) is 13.6 Å². The van der Waals surface area contributed by atoms with Crippen molar-refractivity contribution in [3.8, 4) is 5.75 Å². The largest absolute Gasteiger partial charge is 0.450 e. The molecule has 1 amide bonds. The highest BCUT2D eigenvalue weighted by Gasteiger charge is 2.06. The van der Waals surface area contributed by atoms with Gasteiger partial charge in [-0.25, -0.2) is 4.79 Å². The van der Waals surface area contributed by atoms with Crippen molar-refractivity contribution in [2.75, 3.05) is 11.9 Å². The highest BCUT2D eigenvalue weighted by atomic mass is 19.3. The summed E-state index contributed by atoms with van der Waals surface area (Å²) >= 11 is 0. The molecule has 0 heterocycles. The number of anilines is 1. The molecule has 0 saturated carbocycles. The van der Waals surface area contributed by atoms with Crippen LogP contribution in [0.2, 0.25) is 0 Å². The van der Waals surface area contributed by atoms with E-state index in [1.807, 2.05) is 0 Å². The third kappa shape index (κ3) is 4.12. The van der Waals surface area contributed by atoms with Gasteiger partial charge in [-0.15, -0.1) is 0 Å². The predicted octanol–water partition coefficient (Wildman–Crippen LogP) is 2.86. The first kappa shape index (κ1) is 12.2. The van der Waals surface area contributed by atoms with Gasteiger partial charge >= 0.3 is 12.7 Å². The minimum absolute atomic E-state index is 0.0238. The smallest absolute Gasteiger partial charge is 0.411 e. The number of amides is 1. The Kier molecular flexibility index (Phi) is 4.50. The summed E-state index contributed by atoms with van der Waals surface area (Å²) in [6.07, 6.45) is -0.642. The Morgan fingerprint density at radius 3 is 2.88 bits per heavy atom. The Balaban J connectivity index is 2.63. The van der Waals surface area contributed by atoms with E-state index >= 15 is 0 Å². The van der Waals surface area contributed by atoms with Gasteiger partial charge in [0.15, 0.2) is 0 Å². The maximum atomic E-state index is 11.9. The van der Waals surface area contributed by atoms with Gasteiger partial charge in [0, 0.05) is 11.8 Å². The summed E-state index contributed by atoms with van der Waals surface area (Å²) in [5, 5.41) is 2.37. The van der Waals surface area contributed by atoms with Crippen LogP contribution in [-0.4, -0.2) is 19.3 Å². The molecule has 1 rings (SSSR count). The molecular weight excluding hydrogens is 220 g/mol. The van der Waals surface area contributed by atoms with E-state index in [-0.39, 0.29) is 12.4 Å². The van der Waals surface area contributed by atoms with Crippen LogP contribution in [0.25, 0.3) is 0 Å². The molecule has 0 aromatic heterocycles. The van der Waals surface area contributed by atoms with E-state index in [4.69, 9.17) is 0 Å². The molecule has 88 valence electrons. The summed E-state index contributed by atoms with van der Waals surface area (Å²) in [5.41, 5.74) is 0.330. The molecule has 4 nitrogen and oxygen atoms in total. The van der Waals surface area contributed by atoms with E-state index in [0.29, 0.717) is 5.69 Å². The van der Waals surface area contributed by atoms with Crippen molar-refractivity contribution in [1.82, 2.24) is 0 Å². The van der Waals surface area contributed by atoms with E-state index in [1.54, 1.807) is 6.92 Å². The molecule has 0 unspecified atom stereocenters. The van der Waals surface area contributed by atoms with Crippen molar-refractivity contribution < 1.29 is 23.0 Å². The number of alkyl halides is 2. The molecule has 0 aliphatic rings. The first-order valence-electron chi connectivity index (χ1n) is 4.60. The van der Waals surface area contributed by atoms with Crippen LogP contribution in [0, 0.1) is 0 Å². The summed E-state index contributed by atoms with van der Waals surface area (Å²) in [6.45, 7) is -0.993. The summed E-state index contributed by atoms with van der Waals surface area (Å²) < 4.78 is 32.6. The number of hydrogen-bond acceptors (Lipinski definition) is 3. The fourth-order valence-corrected chi connectivity index (χ4v) is 1.04. The summed E-state index contributed by atoms with van der Waals surface area (Å²) in [4.78, 5) is 11.0. The Hall–Kier alpha value is -1.85. The van der Waals surface area contributed by atoms with Gasteiger partial charge in [0.1, 0.15) is 5.75 Å². The molecule has 1 N–H and O–H groups in total. The van der Waals surface area contributed by atoms with Gasteiger partial charge in [-0.1, -0.05) is 6.07 Å². The Morgan fingerprint density at radius 1 is 1.50 bits per heavy atom. The van der Waals surface area contributed by atoms with E-state index in [1.165, 1.54) is 24.3 Å². The number of benzene rings is 1. The molecular formula is C10H11F2NO3. The average Bonchev–Trinajstić information content (AvgIpc) is 2.17. The van der Waals surface area contributed by atoms with Crippen LogP contribution >= 0.6 is 0 Å². The summed E-state index contributed by atoms with van der Waals surface area (Å²) in [5.74, 6) is -0.0238. The number of hydrogen-bond donors (Lipinski definition) is 1. The first-order chi connectivity index (χ1) is 7.61. The van der Waals surface area contributed by atoms with Crippen LogP contribution < -0.4 is 10.1 Å². The number of nitrogens with one attached hydrogen (secondary N) is 1. The number of carbonyl (C=O) groups excluding carboxylic acids is 1. The molecule has 1 aromatic carbocycles. The molecule has 0 fully saturated rings. The zero-order valence-electron chi connectivity index (χ0n) is 8.57. The number of rotatable bonds is 4. The van der Waals surface area contributed by atoms with Crippen LogP contribution in [0.3, 0.4) is 0 Å². The third-order valence-electron chi connectivity index (χ3n) is 1.58. The molecule has 6 heteroatoms. The third-order valence-corrected chi connectivity index (χ3v) is 1.58. The molecule has 0 atom stereocenters. The van der Waals surface area contributed by atoms with Crippen molar-refractivity contribution in [3.63, 3.8) is 0 Å². The average molecular weight is 231 g/mol. The summed E-state index contributed by atoms with van der Waals surface area (Å²) in [7, 11) is 0. The quantitative estimate of drug-likeness (QED) is 0.866. The molecule has 16 heavy (non-hydrogen) atoms. The summed E-state index contributed by atoms with van der Waals surface area (Å²) in [6, 6.07) is 5.67. The van der Waals surface area contributed by atoms with Gasteiger partial charge < -0.3 is 9.47 Å². The molecule has 0 aliphatic heterocycles. The van der Waals surface area contributed by atoms with Gasteiger partial charge in [-0.05, 0) is 19.1 Å². The van der Waals surface area contributed by atoms with Crippen molar-refractivity contribution >= 4 is 11.8 Å². The molecule has 0 bridgehead atoms. The van der Waals surface area contributed by atoms with Crippen LogP contribution in [-0.2, 0) is 4.74 Å². The number of ether oxygens (including phenoxy) is 2. The monoisotopic (exact) mass is 231 g/mol. The fraction of sp³-hybridized carbons (Fsp3) is 0.300. The highest BCUT2D eigenvalue weighted by molar-refractivity contribution is 5.84. The standard InChI is InChI=1S/C10H11F2NO3/c1-2-15-10(14)13-7-4-3-5-8(6-7)16-9(11)12/h3-6,9H,2H2,1H3,(H,13,14). The van der Waals surface area contributed by atoms with Crippen molar-refractivity contribution in [2.45, 2.75) is 13.5 Å². The van der Waals surface area contributed by atoms with Crippen molar-refractivity contribution in [3.05, 3.63) is 24.3 Å². The number of carbonyl (C=O) groups is 1. The van der Waals surface area contributed by atoms with E-state index in [2.05, 4.69) is 14.8 Å². The lowest BCUT2D eigenvalue weighted by Crippen LogP contribution is -2.13. The molecule has 1 aromatic rings. The molecule has 0 aliphatic carbocycles. The zero-order valence-corrected chi connectivity index (χ0v) is 8.57. The van der Waals surface area contributed by atoms with Gasteiger partial charge in [0.2, 0.25) is 0 Å². The zero-order chi connectivity index (χ0) is 12.0. The maximum absolute atomic E-state index is 11.9. The number of halogens is 2. The lowest BCUT2D eigenvalue weighted by molar-refractivity contribution is -0.0497. The van der Waals surface area contributed by atoms with E-state index in [0.717, 1.165) is 0 Å². The van der Waals surface area contributed by atoms with Gasteiger partial charge in [-0.2, -0.15) is 8.78 Å². The van der Waals surface area contributed by atoms with Crippen molar-refractivity contribution in [2.24, 2.45) is 0 Å². The normalized spacial score (nSPS) is 10.0. The van der Waals surface area contributed by atoms with Gasteiger partial charge in [-0.3, -0.25) is 5.32 Å². The minimum atomic E-state index is -2.89. The van der Waals surface area contributed by atoms with Crippen molar-refractivity contribution in [1.29, 1.82) is 0 Å². The second-order valence-corrected chi connectivity index (χ2v) is 2.75. The Morgan fingerprint density at radius 2 is 2.25 bits per heavy atom. The second-order valence-electron chi connectivity index (χ2n) is 2.75. The maximum Gasteiger partial charge on any atom is 0.411 e. The van der Waals surface area contributed by atoms with E-state index < -0.39 is 12.7 Å². The van der Waals surface area contributed by atoms with Gasteiger partial charge in [0.25, 0.3) is 0 Å². The second kappa shape index (κ2) is 5.89. The highest BCUT2D eigenvalue weighted by Crippen LogP contribution is 2.19. The van der Waals surface area contributed by atoms with Crippen LogP contribution in [0.5, 0.6) is 5.75 Å².